The van der Waals surface area contributed by atoms with E-state index in [1.54, 1.807) is 24.5 Å². The van der Waals surface area contributed by atoms with Crippen LogP contribution < -0.4 is 16.2 Å². The van der Waals surface area contributed by atoms with Crippen molar-refractivity contribution < 1.29 is 4.79 Å². The molecule has 100 valence electrons. The molecule has 0 bridgehead atoms. The number of aromatic nitrogens is 3. The first-order chi connectivity index (χ1) is 9.81. The highest BCUT2D eigenvalue weighted by Gasteiger charge is 2.04. The average molecular weight is 268 g/mol. The summed E-state index contributed by atoms with van der Waals surface area (Å²) >= 11 is 0. The molecule has 7 heteroatoms. The van der Waals surface area contributed by atoms with Gasteiger partial charge in [-0.3, -0.25) is 10.4 Å². The number of para-hydroxylation sites is 2. The van der Waals surface area contributed by atoms with Crippen molar-refractivity contribution in [2.24, 2.45) is 0 Å². The van der Waals surface area contributed by atoms with E-state index in [9.17, 15) is 4.79 Å². The highest BCUT2D eigenvalue weighted by molar-refractivity contribution is 5.89. The molecule has 0 aliphatic heterocycles. The van der Waals surface area contributed by atoms with Gasteiger partial charge in [-0.1, -0.05) is 12.1 Å². The van der Waals surface area contributed by atoms with Gasteiger partial charge in [-0.05, 0) is 24.3 Å². The number of rotatable bonds is 3. The Hall–Kier alpha value is -3.09. The van der Waals surface area contributed by atoms with Gasteiger partial charge in [0.25, 0.3) is 0 Å². The fourth-order valence-electron chi connectivity index (χ4n) is 1.73. The van der Waals surface area contributed by atoms with Gasteiger partial charge >= 0.3 is 6.03 Å². The molecule has 0 aliphatic carbocycles. The molecule has 3 aromatic rings. The fraction of sp³-hybridized carbons (Fsp3) is 0. The van der Waals surface area contributed by atoms with Gasteiger partial charge in [-0.2, -0.15) is 0 Å². The third kappa shape index (κ3) is 2.66. The Morgan fingerprint density at radius 3 is 2.85 bits per heavy atom. The van der Waals surface area contributed by atoms with Gasteiger partial charge in [0.1, 0.15) is 0 Å². The number of imidazole rings is 1. The Labute approximate surface area is 114 Å². The Kier molecular flexibility index (Phi) is 3.15. The van der Waals surface area contributed by atoms with Gasteiger partial charge in [0.2, 0.25) is 5.95 Å². The molecule has 0 spiro atoms. The summed E-state index contributed by atoms with van der Waals surface area (Å²) in [5.74, 6) is 0.465. The summed E-state index contributed by atoms with van der Waals surface area (Å²) in [5, 5.41) is 2.63. The number of benzene rings is 1. The lowest BCUT2D eigenvalue weighted by Crippen LogP contribution is -2.34. The number of hydrogen-bond donors (Lipinski definition) is 4. The molecule has 0 unspecified atom stereocenters. The van der Waals surface area contributed by atoms with Crippen molar-refractivity contribution in [3.05, 3.63) is 48.8 Å². The lowest BCUT2D eigenvalue weighted by molar-refractivity contribution is 0.253. The van der Waals surface area contributed by atoms with E-state index in [1.807, 2.05) is 24.3 Å². The number of carbonyl (C=O) groups is 1. The van der Waals surface area contributed by atoms with Crippen LogP contribution in [0, 0.1) is 0 Å². The molecule has 7 nitrogen and oxygen atoms in total. The number of amides is 2. The zero-order valence-corrected chi connectivity index (χ0v) is 10.4. The normalized spacial score (nSPS) is 10.2. The highest BCUT2D eigenvalue weighted by atomic mass is 16.2. The Balaban J connectivity index is 1.60. The smallest absolute Gasteiger partial charge is 0.323 e. The van der Waals surface area contributed by atoms with Gasteiger partial charge in [-0.15, -0.1) is 0 Å². The van der Waals surface area contributed by atoms with Gasteiger partial charge in [0.05, 0.1) is 22.9 Å². The first kappa shape index (κ1) is 12.0. The maximum Gasteiger partial charge on any atom is 0.337 e. The molecule has 4 N–H and O–H groups in total. The summed E-state index contributed by atoms with van der Waals surface area (Å²) in [5.41, 5.74) is 7.52. The molecular weight excluding hydrogens is 256 g/mol. The molecule has 0 radical (unpaired) electrons. The van der Waals surface area contributed by atoms with Crippen molar-refractivity contribution in [2.75, 3.05) is 10.7 Å². The third-order valence-electron chi connectivity index (χ3n) is 2.60. The van der Waals surface area contributed by atoms with E-state index in [1.165, 1.54) is 0 Å². The number of hydrogen-bond acceptors (Lipinski definition) is 4. The standard InChI is InChI=1S/C13H12N6O/c20-13(15-9-4-3-7-14-8-9)19-18-12-16-10-5-1-2-6-11(10)17-12/h1-8H,(H2,15,19,20)(H2,16,17,18). The van der Waals surface area contributed by atoms with E-state index < -0.39 is 6.03 Å². The zero-order valence-electron chi connectivity index (χ0n) is 10.4. The van der Waals surface area contributed by atoms with Crippen LogP contribution >= 0.6 is 0 Å². The summed E-state index contributed by atoms with van der Waals surface area (Å²) in [6, 6.07) is 10.7. The van der Waals surface area contributed by atoms with Crippen LogP contribution in [0.4, 0.5) is 16.4 Å². The van der Waals surface area contributed by atoms with Gasteiger partial charge in [0, 0.05) is 6.20 Å². The van der Waals surface area contributed by atoms with Crippen molar-refractivity contribution in [1.29, 1.82) is 0 Å². The van der Waals surface area contributed by atoms with Crippen molar-refractivity contribution in [3.8, 4) is 0 Å². The molecule has 0 fully saturated rings. The predicted octanol–water partition coefficient (Wildman–Crippen LogP) is 2.11. The minimum Gasteiger partial charge on any atom is -0.323 e. The largest absolute Gasteiger partial charge is 0.337 e. The van der Waals surface area contributed by atoms with Crippen molar-refractivity contribution >= 4 is 28.7 Å². The van der Waals surface area contributed by atoms with E-state index in [0.29, 0.717) is 11.6 Å². The lowest BCUT2D eigenvalue weighted by atomic mass is 10.3. The average Bonchev–Trinajstić information content (AvgIpc) is 2.89. The molecule has 0 atom stereocenters. The van der Waals surface area contributed by atoms with Crippen LogP contribution in [0.3, 0.4) is 0 Å². The number of carbonyl (C=O) groups excluding carboxylic acids is 1. The molecule has 0 saturated heterocycles. The molecule has 2 amide bonds. The number of aromatic amines is 1. The van der Waals surface area contributed by atoms with Crippen molar-refractivity contribution in [1.82, 2.24) is 20.4 Å². The van der Waals surface area contributed by atoms with Crippen LogP contribution in [0.25, 0.3) is 11.0 Å². The Bertz CT molecular complexity index is 691. The molecule has 0 aliphatic rings. The second-order valence-corrected chi connectivity index (χ2v) is 4.05. The molecule has 0 saturated carbocycles. The van der Waals surface area contributed by atoms with Crippen LogP contribution in [0.2, 0.25) is 0 Å². The number of anilines is 2. The van der Waals surface area contributed by atoms with Gasteiger partial charge in [0.15, 0.2) is 0 Å². The first-order valence-corrected chi connectivity index (χ1v) is 5.99. The molecule has 20 heavy (non-hydrogen) atoms. The highest BCUT2D eigenvalue weighted by Crippen LogP contribution is 2.12. The number of pyridine rings is 1. The minimum absolute atomic E-state index is 0.404. The van der Waals surface area contributed by atoms with Gasteiger partial charge in [-0.25, -0.2) is 15.2 Å². The summed E-state index contributed by atoms with van der Waals surface area (Å²) in [6.45, 7) is 0. The zero-order chi connectivity index (χ0) is 13.8. The van der Waals surface area contributed by atoms with Gasteiger partial charge < -0.3 is 10.3 Å². The second kappa shape index (κ2) is 5.27. The number of nitrogens with one attached hydrogen (secondary N) is 4. The van der Waals surface area contributed by atoms with Crippen LogP contribution in [0.5, 0.6) is 0 Å². The second-order valence-electron chi connectivity index (χ2n) is 4.05. The van der Waals surface area contributed by atoms with E-state index >= 15 is 0 Å². The molecule has 1 aromatic carbocycles. The molecule has 3 rings (SSSR count). The lowest BCUT2D eigenvalue weighted by Gasteiger charge is -2.07. The van der Waals surface area contributed by atoms with Crippen LogP contribution in [0.15, 0.2) is 48.8 Å². The Morgan fingerprint density at radius 2 is 2.05 bits per heavy atom. The summed E-state index contributed by atoms with van der Waals surface area (Å²) < 4.78 is 0. The van der Waals surface area contributed by atoms with Crippen LogP contribution in [-0.4, -0.2) is 21.0 Å². The predicted molar refractivity (Wildman–Crippen MR) is 76.1 cm³/mol. The molecule has 2 heterocycles. The van der Waals surface area contributed by atoms with Crippen LogP contribution in [0.1, 0.15) is 0 Å². The van der Waals surface area contributed by atoms with E-state index in [0.717, 1.165) is 11.0 Å². The van der Waals surface area contributed by atoms with Crippen LogP contribution in [-0.2, 0) is 0 Å². The number of nitrogens with zero attached hydrogens (tertiary/aromatic N) is 2. The Morgan fingerprint density at radius 1 is 1.15 bits per heavy atom. The maximum absolute atomic E-state index is 11.6. The number of urea groups is 1. The summed E-state index contributed by atoms with van der Waals surface area (Å²) in [7, 11) is 0. The van der Waals surface area contributed by atoms with Crippen molar-refractivity contribution in [3.63, 3.8) is 0 Å². The number of H-pyrrole nitrogens is 1. The van der Waals surface area contributed by atoms with E-state index in [-0.39, 0.29) is 0 Å². The third-order valence-corrected chi connectivity index (χ3v) is 2.60. The van der Waals surface area contributed by atoms with E-state index in [4.69, 9.17) is 0 Å². The first-order valence-electron chi connectivity index (χ1n) is 5.99. The van der Waals surface area contributed by atoms with E-state index in [2.05, 4.69) is 31.1 Å². The minimum atomic E-state index is -0.404. The van der Waals surface area contributed by atoms with Crippen molar-refractivity contribution in [2.45, 2.75) is 0 Å². The number of fused-ring (bicyclic) bond motifs is 1. The summed E-state index contributed by atoms with van der Waals surface area (Å²) in [6.07, 6.45) is 3.19. The monoisotopic (exact) mass is 268 g/mol. The SMILES string of the molecule is O=C(NNc1nc2ccccc2[nH]1)Nc1cccnc1. The maximum atomic E-state index is 11.6. The number of hydrazine groups is 1. The summed E-state index contributed by atoms with van der Waals surface area (Å²) in [4.78, 5) is 22.9. The fourth-order valence-corrected chi connectivity index (χ4v) is 1.73. The molecule has 2 aromatic heterocycles. The quantitative estimate of drug-likeness (QED) is 0.547. The molecular formula is C13H12N6O. The topological polar surface area (TPSA) is 94.7 Å².